The summed E-state index contributed by atoms with van der Waals surface area (Å²) in [5, 5.41) is 5.29. The van der Waals surface area contributed by atoms with E-state index < -0.39 is 22.5 Å². The van der Waals surface area contributed by atoms with Crippen molar-refractivity contribution in [3.05, 3.63) is 110 Å². The summed E-state index contributed by atoms with van der Waals surface area (Å²) in [5.41, 5.74) is 6.82. The number of nitrogens with zero attached hydrogens (tertiary/aromatic N) is 3. The molecule has 0 aliphatic carbocycles. The van der Waals surface area contributed by atoms with Crippen LogP contribution >= 0.6 is 34.8 Å². The van der Waals surface area contributed by atoms with Crippen LogP contribution < -0.4 is 9.73 Å². The standard InChI is InChI=1S/C28H25Cl3N4O3S/c1-18-8-10-25(11-9-18)39(37,38)34(27-7-5-4-6-26(27)31)17-28(36)33-32-16-21-12-19(2)35(20(21)3)24-14-22(29)13-23(30)15-24/h4-16H,17H2,1-3H3,(H,33,36)/b32-16-. The molecule has 0 radical (unpaired) electrons. The minimum Gasteiger partial charge on any atom is -0.318 e. The molecule has 11 heteroatoms. The number of rotatable bonds is 8. The van der Waals surface area contributed by atoms with E-state index in [0.717, 1.165) is 32.5 Å². The van der Waals surface area contributed by atoms with Gasteiger partial charge in [-0.3, -0.25) is 9.10 Å². The Morgan fingerprint density at radius 2 is 1.59 bits per heavy atom. The van der Waals surface area contributed by atoms with E-state index in [1.807, 2.05) is 31.4 Å². The van der Waals surface area contributed by atoms with Gasteiger partial charge in [-0.25, -0.2) is 13.8 Å². The van der Waals surface area contributed by atoms with Crippen molar-refractivity contribution in [2.75, 3.05) is 10.8 Å². The molecule has 0 aliphatic rings. The van der Waals surface area contributed by atoms with Crippen molar-refractivity contribution >= 4 is 62.6 Å². The van der Waals surface area contributed by atoms with Crippen molar-refractivity contribution in [2.24, 2.45) is 5.10 Å². The number of amides is 1. The SMILES string of the molecule is Cc1ccc(S(=O)(=O)N(CC(=O)N/N=C\c2cc(C)n(-c3cc(Cl)cc(Cl)c3)c2C)c2ccccc2Cl)cc1. The maximum Gasteiger partial charge on any atom is 0.264 e. The highest BCUT2D eigenvalue weighted by Gasteiger charge is 2.28. The van der Waals surface area contributed by atoms with Crippen molar-refractivity contribution in [2.45, 2.75) is 25.7 Å². The molecule has 1 N–H and O–H groups in total. The quantitative estimate of drug-likeness (QED) is 0.180. The molecule has 39 heavy (non-hydrogen) atoms. The van der Waals surface area contributed by atoms with Crippen molar-refractivity contribution in [3.63, 3.8) is 0 Å². The van der Waals surface area contributed by atoms with Gasteiger partial charge in [0.15, 0.2) is 0 Å². The number of hydrogen-bond acceptors (Lipinski definition) is 4. The van der Waals surface area contributed by atoms with Crippen LogP contribution in [0.25, 0.3) is 5.69 Å². The van der Waals surface area contributed by atoms with Gasteiger partial charge in [0.1, 0.15) is 6.54 Å². The zero-order valence-corrected chi connectivity index (χ0v) is 24.4. The van der Waals surface area contributed by atoms with Gasteiger partial charge in [-0.05, 0) is 69.3 Å². The van der Waals surface area contributed by atoms with Crippen LogP contribution in [0.2, 0.25) is 15.1 Å². The fourth-order valence-electron chi connectivity index (χ4n) is 4.11. The summed E-state index contributed by atoms with van der Waals surface area (Å²) in [7, 11) is -4.10. The summed E-state index contributed by atoms with van der Waals surface area (Å²) < 4.78 is 30.0. The third kappa shape index (κ3) is 6.47. The average molecular weight is 604 g/mol. The van der Waals surface area contributed by atoms with Crippen molar-refractivity contribution in [1.29, 1.82) is 0 Å². The van der Waals surface area contributed by atoms with Crippen molar-refractivity contribution < 1.29 is 13.2 Å². The zero-order valence-electron chi connectivity index (χ0n) is 21.3. The predicted molar refractivity (Wildman–Crippen MR) is 158 cm³/mol. The Labute approximate surface area is 242 Å². The molecule has 1 heterocycles. The Balaban J connectivity index is 1.57. The first kappa shape index (κ1) is 28.7. The molecule has 0 saturated heterocycles. The van der Waals surface area contributed by atoms with E-state index in [4.69, 9.17) is 34.8 Å². The van der Waals surface area contributed by atoms with E-state index in [0.29, 0.717) is 10.0 Å². The minimum absolute atomic E-state index is 0.0397. The van der Waals surface area contributed by atoms with E-state index in [1.165, 1.54) is 18.3 Å². The Hall–Kier alpha value is -3.30. The van der Waals surface area contributed by atoms with Gasteiger partial charge < -0.3 is 4.57 Å². The molecule has 7 nitrogen and oxygen atoms in total. The van der Waals surface area contributed by atoms with Gasteiger partial charge in [-0.1, -0.05) is 64.6 Å². The smallest absolute Gasteiger partial charge is 0.264 e. The van der Waals surface area contributed by atoms with Crippen LogP contribution in [0.5, 0.6) is 0 Å². The maximum atomic E-state index is 13.5. The molecule has 0 fully saturated rings. The number of aromatic nitrogens is 1. The molecule has 202 valence electrons. The summed E-state index contributed by atoms with van der Waals surface area (Å²) in [6, 6.07) is 20.0. The third-order valence-corrected chi connectivity index (χ3v) is 8.52. The first-order valence-electron chi connectivity index (χ1n) is 11.8. The summed E-state index contributed by atoms with van der Waals surface area (Å²) in [5.74, 6) is -0.641. The number of hydrazone groups is 1. The Kier molecular flexibility index (Phi) is 8.71. The second kappa shape index (κ2) is 11.8. The molecule has 0 spiro atoms. The number of sulfonamides is 1. The van der Waals surface area contributed by atoms with Crippen LogP contribution in [-0.4, -0.2) is 31.7 Å². The van der Waals surface area contributed by atoms with Crippen molar-refractivity contribution in [1.82, 2.24) is 9.99 Å². The molecule has 0 unspecified atom stereocenters. The number of hydrogen-bond donors (Lipinski definition) is 1. The number of anilines is 1. The zero-order chi connectivity index (χ0) is 28.3. The molecular weight excluding hydrogens is 579 g/mol. The Bertz CT molecular complexity index is 1650. The van der Waals surface area contributed by atoms with Gasteiger partial charge in [0.25, 0.3) is 15.9 Å². The molecule has 0 bridgehead atoms. The van der Waals surface area contributed by atoms with Crippen LogP contribution in [0, 0.1) is 20.8 Å². The molecule has 3 aromatic carbocycles. The van der Waals surface area contributed by atoms with E-state index in [2.05, 4.69) is 10.5 Å². The molecule has 4 rings (SSSR count). The lowest BCUT2D eigenvalue weighted by atomic mass is 10.2. The third-order valence-electron chi connectivity index (χ3n) is 5.99. The maximum absolute atomic E-state index is 13.5. The summed E-state index contributed by atoms with van der Waals surface area (Å²) >= 11 is 18.7. The van der Waals surface area contributed by atoms with Gasteiger partial charge in [0.2, 0.25) is 0 Å². The molecule has 0 aliphatic heterocycles. The molecular formula is C28H25Cl3N4O3S. The fourth-order valence-corrected chi connectivity index (χ4v) is 6.36. The normalized spacial score (nSPS) is 11.6. The van der Waals surface area contributed by atoms with Gasteiger partial charge in [-0.2, -0.15) is 5.10 Å². The second-order valence-electron chi connectivity index (χ2n) is 8.86. The number of carbonyl (C=O) groups excluding carboxylic acids is 1. The first-order valence-corrected chi connectivity index (χ1v) is 14.4. The fraction of sp³-hybridized carbons (Fsp3) is 0.143. The number of halogens is 3. The summed E-state index contributed by atoms with van der Waals surface area (Å²) in [6.45, 7) is 5.15. The number of benzene rings is 3. The lowest BCUT2D eigenvalue weighted by Gasteiger charge is -2.24. The molecule has 4 aromatic rings. The average Bonchev–Trinajstić information content (AvgIpc) is 3.15. The number of para-hydroxylation sites is 1. The number of aryl methyl sites for hydroxylation is 2. The van der Waals surface area contributed by atoms with Gasteiger partial charge >= 0.3 is 0 Å². The van der Waals surface area contributed by atoms with E-state index in [1.54, 1.807) is 54.6 Å². The van der Waals surface area contributed by atoms with Crippen LogP contribution in [0.4, 0.5) is 5.69 Å². The lowest BCUT2D eigenvalue weighted by molar-refractivity contribution is -0.119. The van der Waals surface area contributed by atoms with Gasteiger partial charge in [-0.15, -0.1) is 0 Å². The van der Waals surface area contributed by atoms with Crippen LogP contribution in [0.1, 0.15) is 22.5 Å². The van der Waals surface area contributed by atoms with Crippen molar-refractivity contribution in [3.8, 4) is 5.69 Å². The van der Waals surface area contributed by atoms with E-state index in [-0.39, 0.29) is 15.6 Å². The van der Waals surface area contributed by atoms with E-state index in [9.17, 15) is 13.2 Å². The first-order chi connectivity index (χ1) is 18.5. The van der Waals surface area contributed by atoms with Crippen LogP contribution in [0.3, 0.4) is 0 Å². The number of carbonyl (C=O) groups is 1. The molecule has 0 saturated carbocycles. The highest BCUT2D eigenvalue weighted by Crippen LogP contribution is 2.30. The second-order valence-corrected chi connectivity index (χ2v) is 12.0. The monoisotopic (exact) mass is 602 g/mol. The van der Waals surface area contributed by atoms with Gasteiger partial charge in [0, 0.05) is 32.7 Å². The van der Waals surface area contributed by atoms with Crippen LogP contribution in [-0.2, 0) is 14.8 Å². The molecule has 0 atom stereocenters. The molecule has 1 amide bonds. The highest BCUT2D eigenvalue weighted by molar-refractivity contribution is 7.92. The lowest BCUT2D eigenvalue weighted by Crippen LogP contribution is -2.39. The molecule has 1 aromatic heterocycles. The summed E-state index contributed by atoms with van der Waals surface area (Å²) in [6.07, 6.45) is 1.50. The topological polar surface area (TPSA) is 83.8 Å². The number of nitrogens with one attached hydrogen (secondary N) is 1. The minimum atomic E-state index is -4.10. The highest BCUT2D eigenvalue weighted by atomic mass is 35.5. The Morgan fingerprint density at radius 3 is 2.23 bits per heavy atom. The largest absolute Gasteiger partial charge is 0.318 e. The Morgan fingerprint density at radius 1 is 0.949 bits per heavy atom. The van der Waals surface area contributed by atoms with E-state index >= 15 is 0 Å². The van der Waals surface area contributed by atoms with Gasteiger partial charge in [0.05, 0.1) is 21.8 Å². The van der Waals surface area contributed by atoms with Crippen LogP contribution in [0.15, 0.2) is 82.8 Å². The summed E-state index contributed by atoms with van der Waals surface area (Å²) in [4.78, 5) is 12.9. The predicted octanol–water partition coefficient (Wildman–Crippen LogP) is 6.71.